The third-order valence-electron chi connectivity index (χ3n) is 4.03. The highest BCUT2D eigenvalue weighted by atomic mass is 32.2. The third kappa shape index (κ3) is 3.93. The first-order valence-electron chi connectivity index (χ1n) is 7.83. The van der Waals surface area contributed by atoms with E-state index in [9.17, 15) is 9.18 Å². The van der Waals surface area contributed by atoms with Crippen LogP contribution in [-0.4, -0.2) is 39.2 Å². The van der Waals surface area contributed by atoms with Crippen LogP contribution in [0.1, 0.15) is 19.8 Å². The quantitative estimate of drug-likeness (QED) is 0.805. The highest BCUT2D eigenvalue weighted by Crippen LogP contribution is 2.22. The van der Waals surface area contributed by atoms with Gasteiger partial charge < -0.3 is 4.90 Å². The first kappa shape index (κ1) is 16.1. The number of piperidine rings is 1. The average molecular weight is 333 g/mol. The summed E-state index contributed by atoms with van der Waals surface area (Å²) in [5.41, 5.74) is 0.712. The molecule has 0 N–H and O–H groups in total. The molecule has 0 radical (unpaired) electrons. The number of carbonyl (C=O) groups is 1. The van der Waals surface area contributed by atoms with Crippen molar-refractivity contribution in [2.24, 2.45) is 5.92 Å². The van der Waals surface area contributed by atoms with Gasteiger partial charge >= 0.3 is 0 Å². The average Bonchev–Trinajstić information content (AvgIpc) is 3.01. The molecule has 0 aliphatic carbocycles. The van der Waals surface area contributed by atoms with E-state index >= 15 is 0 Å². The van der Waals surface area contributed by atoms with E-state index in [4.69, 9.17) is 0 Å². The Morgan fingerprint density at radius 2 is 2.35 bits per heavy atom. The second kappa shape index (κ2) is 7.17. The van der Waals surface area contributed by atoms with E-state index in [0.717, 1.165) is 19.5 Å². The lowest BCUT2D eigenvalue weighted by atomic mass is 10.0. The van der Waals surface area contributed by atoms with Gasteiger partial charge in [-0.1, -0.05) is 24.8 Å². The van der Waals surface area contributed by atoms with Gasteiger partial charge in [0.15, 0.2) is 5.16 Å². The monoisotopic (exact) mass is 333 g/mol. The van der Waals surface area contributed by atoms with E-state index in [2.05, 4.69) is 11.9 Å². The van der Waals surface area contributed by atoms with Gasteiger partial charge in [0.25, 0.3) is 0 Å². The van der Waals surface area contributed by atoms with Gasteiger partial charge in [-0.15, -0.1) is 0 Å². The highest BCUT2D eigenvalue weighted by Gasteiger charge is 2.21. The number of imidazole rings is 1. The molecule has 1 fully saturated rings. The zero-order valence-corrected chi connectivity index (χ0v) is 13.9. The predicted octanol–water partition coefficient (Wildman–Crippen LogP) is 3.36. The summed E-state index contributed by atoms with van der Waals surface area (Å²) in [5, 5.41) is 0.703. The zero-order chi connectivity index (χ0) is 16.2. The number of amides is 1. The number of aromatic nitrogens is 2. The van der Waals surface area contributed by atoms with Crippen LogP contribution in [0.2, 0.25) is 0 Å². The summed E-state index contributed by atoms with van der Waals surface area (Å²) in [6, 6.07) is 6.36. The van der Waals surface area contributed by atoms with Crippen molar-refractivity contribution < 1.29 is 9.18 Å². The van der Waals surface area contributed by atoms with E-state index < -0.39 is 0 Å². The molecule has 1 aromatic heterocycles. The fraction of sp³-hybridized carbons (Fsp3) is 0.412. The van der Waals surface area contributed by atoms with E-state index in [1.807, 2.05) is 11.0 Å². The summed E-state index contributed by atoms with van der Waals surface area (Å²) in [6.07, 6.45) is 5.72. The van der Waals surface area contributed by atoms with Crippen molar-refractivity contribution in [2.45, 2.75) is 24.9 Å². The van der Waals surface area contributed by atoms with Crippen molar-refractivity contribution in [1.82, 2.24) is 14.5 Å². The molecule has 2 heterocycles. The first-order chi connectivity index (χ1) is 11.1. The highest BCUT2D eigenvalue weighted by molar-refractivity contribution is 7.99. The second-order valence-corrected chi connectivity index (χ2v) is 6.88. The molecular formula is C17H20FN3OS. The normalized spacial score (nSPS) is 18.2. The Labute approximate surface area is 139 Å². The molecule has 1 amide bonds. The van der Waals surface area contributed by atoms with Crippen LogP contribution in [0.25, 0.3) is 5.69 Å². The molecule has 4 nitrogen and oxygen atoms in total. The fourth-order valence-corrected chi connectivity index (χ4v) is 3.73. The molecule has 122 valence electrons. The minimum absolute atomic E-state index is 0.148. The van der Waals surface area contributed by atoms with Crippen molar-refractivity contribution in [3.63, 3.8) is 0 Å². The number of carbonyl (C=O) groups excluding carboxylic acids is 1. The molecule has 1 aliphatic rings. The number of hydrogen-bond donors (Lipinski definition) is 0. The van der Waals surface area contributed by atoms with Crippen molar-refractivity contribution in [3.05, 3.63) is 42.5 Å². The lowest BCUT2D eigenvalue weighted by molar-refractivity contribution is -0.130. The molecule has 1 aromatic carbocycles. The SMILES string of the molecule is CC1CCCN(C(=O)CSc2nccn2-c2cccc(F)c2)C1. The van der Waals surface area contributed by atoms with Crippen LogP contribution in [-0.2, 0) is 4.79 Å². The smallest absolute Gasteiger partial charge is 0.233 e. The Morgan fingerprint density at radius 3 is 3.13 bits per heavy atom. The maximum Gasteiger partial charge on any atom is 0.233 e. The van der Waals surface area contributed by atoms with Crippen LogP contribution >= 0.6 is 11.8 Å². The van der Waals surface area contributed by atoms with E-state index in [-0.39, 0.29) is 11.7 Å². The van der Waals surface area contributed by atoms with Crippen LogP contribution in [0.5, 0.6) is 0 Å². The lowest BCUT2D eigenvalue weighted by Crippen LogP contribution is -2.40. The molecule has 3 rings (SSSR count). The zero-order valence-electron chi connectivity index (χ0n) is 13.1. The minimum atomic E-state index is -0.287. The van der Waals surface area contributed by atoms with Crippen molar-refractivity contribution in [2.75, 3.05) is 18.8 Å². The van der Waals surface area contributed by atoms with Crippen molar-refractivity contribution in [3.8, 4) is 5.69 Å². The third-order valence-corrected chi connectivity index (χ3v) is 4.98. The Balaban J connectivity index is 1.65. The number of thioether (sulfide) groups is 1. The molecule has 1 unspecified atom stereocenters. The fourth-order valence-electron chi connectivity index (χ4n) is 2.85. The number of hydrogen-bond acceptors (Lipinski definition) is 3. The van der Waals surface area contributed by atoms with E-state index in [1.54, 1.807) is 23.0 Å². The summed E-state index contributed by atoms with van der Waals surface area (Å²) < 4.78 is 15.2. The van der Waals surface area contributed by atoms with Gasteiger partial charge in [-0.3, -0.25) is 9.36 Å². The number of halogens is 1. The second-order valence-electron chi connectivity index (χ2n) is 5.94. The Morgan fingerprint density at radius 1 is 1.48 bits per heavy atom. The molecule has 0 spiro atoms. The summed E-state index contributed by atoms with van der Waals surface area (Å²) >= 11 is 1.40. The number of nitrogens with zero attached hydrogens (tertiary/aromatic N) is 3. The number of benzene rings is 1. The largest absolute Gasteiger partial charge is 0.342 e. The number of likely N-dealkylation sites (tertiary alicyclic amines) is 1. The van der Waals surface area contributed by atoms with Gasteiger partial charge in [0.2, 0.25) is 5.91 Å². The summed E-state index contributed by atoms with van der Waals surface area (Å²) in [6.45, 7) is 3.88. The van der Waals surface area contributed by atoms with Gasteiger partial charge in [-0.2, -0.15) is 0 Å². The van der Waals surface area contributed by atoms with Gasteiger partial charge in [-0.25, -0.2) is 9.37 Å². The molecule has 0 saturated carbocycles. The van der Waals surface area contributed by atoms with Crippen LogP contribution in [0.4, 0.5) is 4.39 Å². The molecule has 0 bridgehead atoms. The van der Waals surface area contributed by atoms with Crippen LogP contribution in [0, 0.1) is 11.7 Å². The van der Waals surface area contributed by atoms with Gasteiger partial charge in [0, 0.05) is 25.5 Å². The standard InChI is InChI=1S/C17H20FN3OS/c1-13-4-3-8-20(11-13)16(22)12-23-17-19-7-9-21(17)15-6-2-5-14(18)10-15/h2,5-7,9-10,13H,3-4,8,11-12H2,1H3. The maximum atomic E-state index is 13.4. The number of rotatable bonds is 4. The maximum absolute atomic E-state index is 13.4. The van der Waals surface area contributed by atoms with Gasteiger partial charge in [0.1, 0.15) is 5.82 Å². The Bertz CT molecular complexity index is 688. The lowest BCUT2D eigenvalue weighted by Gasteiger charge is -2.30. The van der Waals surface area contributed by atoms with E-state index in [1.165, 1.54) is 30.3 Å². The summed E-state index contributed by atoms with van der Waals surface area (Å²) in [5.74, 6) is 0.798. The van der Waals surface area contributed by atoms with Crippen LogP contribution in [0.15, 0.2) is 41.8 Å². The van der Waals surface area contributed by atoms with Gasteiger partial charge in [0.05, 0.1) is 11.4 Å². The molecule has 1 aliphatic heterocycles. The predicted molar refractivity (Wildman–Crippen MR) is 89.2 cm³/mol. The molecule has 2 aromatic rings. The van der Waals surface area contributed by atoms with Crippen molar-refractivity contribution in [1.29, 1.82) is 0 Å². The van der Waals surface area contributed by atoms with Crippen LogP contribution in [0.3, 0.4) is 0 Å². The summed E-state index contributed by atoms with van der Waals surface area (Å²) in [4.78, 5) is 18.6. The summed E-state index contributed by atoms with van der Waals surface area (Å²) in [7, 11) is 0. The van der Waals surface area contributed by atoms with Crippen LogP contribution < -0.4 is 0 Å². The van der Waals surface area contributed by atoms with Gasteiger partial charge in [-0.05, 0) is 37.0 Å². The molecular weight excluding hydrogens is 313 g/mol. The molecule has 1 atom stereocenters. The molecule has 6 heteroatoms. The topological polar surface area (TPSA) is 38.1 Å². The Hall–Kier alpha value is -1.82. The molecule has 23 heavy (non-hydrogen) atoms. The van der Waals surface area contributed by atoms with Crippen molar-refractivity contribution >= 4 is 17.7 Å². The van der Waals surface area contributed by atoms with E-state index in [0.29, 0.717) is 22.5 Å². The first-order valence-corrected chi connectivity index (χ1v) is 8.82. The molecule has 1 saturated heterocycles. The minimum Gasteiger partial charge on any atom is -0.342 e. The Kier molecular flexibility index (Phi) is 5.00.